The summed E-state index contributed by atoms with van der Waals surface area (Å²) in [4.78, 5) is 15.4. The lowest BCUT2D eigenvalue weighted by atomic mass is 9.62. The van der Waals surface area contributed by atoms with Crippen molar-refractivity contribution in [1.82, 2.24) is 28.6 Å². The monoisotopic (exact) mass is 558 g/mol. The van der Waals surface area contributed by atoms with Crippen molar-refractivity contribution in [1.29, 1.82) is 0 Å². The molecule has 0 N–H and O–H groups in total. The van der Waals surface area contributed by atoms with Crippen LogP contribution in [0.15, 0.2) is 53.8 Å². The lowest BCUT2D eigenvalue weighted by molar-refractivity contribution is -0.136. The molecule has 12 heteroatoms. The van der Waals surface area contributed by atoms with E-state index < -0.39 is 35.1 Å². The molecule has 3 aromatic heterocycles. The molecule has 0 amide bonds. The number of fused-ring (bicyclic) bond motifs is 1. The Morgan fingerprint density at radius 2 is 1.95 bits per heavy atom. The van der Waals surface area contributed by atoms with Gasteiger partial charge in [-0.25, -0.2) is 9.18 Å². The first-order chi connectivity index (χ1) is 19.0. The Labute approximate surface area is 227 Å². The minimum atomic E-state index is -4.69. The number of benzene rings is 1. The average molecular weight is 559 g/mol. The van der Waals surface area contributed by atoms with Gasteiger partial charge in [0.1, 0.15) is 18.3 Å². The van der Waals surface area contributed by atoms with Crippen molar-refractivity contribution in [2.75, 3.05) is 20.2 Å². The van der Waals surface area contributed by atoms with E-state index in [0.717, 1.165) is 21.9 Å². The quantitative estimate of drug-likeness (QED) is 0.328. The van der Waals surface area contributed by atoms with Gasteiger partial charge < -0.3 is 9.30 Å². The highest BCUT2D eigenvalue weighted by atomic mass is 19.4. The Hall–Kier alpha value is -3.51. The van der Waals surface area contributed by atoms with Gasteiger partial charge in [0.05, 0.1) is 28.3 Å². The van der Waals surface area contributed by atoms with Crippen LogP contribution in [0.2, 0.25) is 0 Å². The highest BCUT2D eigenvalue weighted by Crippen LogP contribution is 2.49. The van der Waals surface area contributed by atoms with Crippen LogP contribution in [0, 0.1) is 0 Å². The topological polar surface area (TPSA) is 69.6 Å². The highest BCUT2D eigenvalue weighted by molar-refractivity contribution is 5.58. The van der Waals surface area contributed by atoms with Gasteiger partial charge in [-0.1, -0.05) is 12.1 Å². The first-order valence-corrected chi connectivity index (χ1v) is 13.2. The van der Waals surface area contributed by atoms with Crippen molar-refractivity contribution in [2.24, 2.45) is 7.05 Å². The molecule has 212 valence electrons. The minimum absolute atomic E-state index is 0.0261. The summed E-state index contributed by atoms with van der Waals surface area (Å²) in [6, 6.07) is 7.83. The molecule has 0 radical (unpaired) electrons. The molecule has 2 aliphatic rings. The van der Waals surface area contributed by atoms with Gasteiger partial charge in [-0.2, -0.15) is 13.2 Å². The normalized spacial score (nSPS) is 24.5. The van der Waals surface area contributed by atoms with Crippen molar-refractivity contribution < 1.29 is 22.3 Å². The lowest BCUT2D eigenvalue weighted by Crippen LogP contribution is -2.48. The van der Waals surface area contributed by atoms with Gasteiger partial charge in [-0.05, 0) is 55.5 Å². The van der Waals surface area contributed by atoms with Crippen LogP contribution in [-0.2, 0) is 23.4 Å². The number of nitrogens with zero attached hydrogens (tertiary/aromatic N) is 6. The molecule has 0 bridgehead atoms. The predicted molar refractivity (Wildman–Crippen MR) is 139 cm³/mol. The van der Waals surface area contributed by atoms with E-state index in [1.54, 1.807) is 37.4 Å². The second-order valence-corrected chi connectivity index (χ2v) is 10.9. The third kappa shape index (κ3) is 4.24. The largest absolute Gasteiger partial charge is 0.418 e. The number of imidazole rings is 1. The third-order valence-electron chi connectivity index (χ3n) is 8.59. The van der Waals surface area contributed by atoms with Crippen molar-refractivity contribution in [2.45, 2.75) is 56.1 Å². The summed E-state index contributed by atoms with van der Waals surface area (Å²) in [5, 5.41) is 8.38. The maximum absolute atomic E-state index is 14.3. The molecule has 0 spiro atoms. The van der Waals surface area contributed by atoms with Crippen LogP contribution >= 0.6 is 0 Å². The number of pyridine rings is 1. The number of alkyl halides is 4. The fourth-order valence-electron chi connectivity index (χ4n) is 6.26. The summed E-state index contributed by atoms with van der Waals surface area (Å²) < 4.78 is 66.3. The maximum atomic E-state index is 14.3. The number of aryl methyl sites for hydroxylation is 1. The number of halogens is 4. The van der Waals surface area contributed by atoms with Gasteiger partial charge in [0.2, 0.25) is 0 Å². The van der Waals surface area contributed by atoms with E-state index in [-0.39, 0.29) is 18.2 Å². The number of likely N-dealkylation sites (tertiary alicyclic amines) is 1. The van der Waals surface area contributed by atoms with Crippen LogP contribution in [0.3, 0.4) is 0 Å². The van der Waals surface area contributed by atoms with E-state index >= 15 is 0 Å². The number of ether oxygens (including phenoxy) is 1. The molecule has 8 nitrogen and oxygen atoms in total. The Balaban J connectivity index is 1.46. The van der Waals surface area contributed by atoms with E-state index in [1.165, 1.54) is 17.0 Å². The third-order valence-corrected chi connectivity index (χ3v) is 8.59. The maximum Gasteiger partial charge on any atom is 0.418 e. The van der Waals surface area contributed by atoms with Crippen LogP contribution < -0.4 is 5.69 Å². The molecule has 40 heavy (non-hydrogen) atoms. The number of rotatable bonds is 6. The van der Waals surface area contributed by atoms with Crippen LogP contribution in [0.25, 0.3) is 11.2 Å². The SMILES string of the molecule is COC1CC(c2cccc(-n3cc4c(C(F)(F)F)cc([C@@H](C)N5CC[C@@H](F)C5)cn4c3=O)c2)(c2nncn2C)C1. The average Bonchev–Trinajstić information content (AvgIpc) is 3.61. The molecule has 1 saturated heterocycles. The Morgan fingerprint density at radius 1 is 1.18 bits per heavy atom. The number of hydrogen-bond donors (Lipinski definition) is 0. The molecule has 1 aliphatic carbocycles. The van der Waals surface area contributed by atoms with Gasteiger partial charge in [0.25, 0.3) is 0 Å². The van der Waals surface area contributed by atoms with Gasteiger partial charge in [0, 0.05) is 45.7 Å². The molecular formula is C28H30F4N6O2. The molecular weight excluding hydrogens is 528 g/mol. The van der Waals surface area contributed by atoms with Gasteiger partial charge >= 0.3 is 11.9 Å². The number of hydrogen-bond acceptors (Lipinski definition) is 5. The van der Waals surface area contributed by atoms with E-state index in [1.807, 2.05) is 23.7 Å². The smallest absolute Gasteiger partial charge is 0.381 e. The standard InChI is InChI=1S/C28H30F4N6O2/c1-17(36-8-7-20(29)14-36)18-9-23(28(30,31)32)24-15-37(26(39)38(24)13-18)21-6-4-5-19(10-21)27(11-22(12-27)40-3)25-34-33-16-35(25)2/h4-6,9-10,13,15-17,20,22H,7-8,11-12,14H2,1-3H3/t17-,20-,22?,27?/m1/s1. The van der Waals surface area contributed by atoms with Gasteiger partial charge in [-0.3, -0.25) is 13.9 Å². The Kier molecular flexibility index (Phi) is 6.37. The molecule has 0 unspecified atom stereocenters. The second-order valence-electron chi connectivity index (χ2n) is 10.9. The van der Waals surface area contributed by atoms with Crippen LogP contribution in [0.4, 0.5) is 17.6 Å². The molecule has 6 rings (SSSR count). The molecule has 1 aliphatic heterocycles. The van der Waals surface area contributed by atoms with Crippen molar-refractivity contribution >= 4 is 5.52 Å². The first-order valence-electron chi connectivity index (χ1n) is 13.2. The van der Waals surface area contributed by atoms with E-state index in [4.69, 9.17) is 4.74 Å². The van der Waals surface area contributed by atoms with Gasteiger partial charge in [0.15, 0.2) is 0 Å². The van der Waals surface area contributed by atoms with Crippen molar-refractivity contribution in [3.63, 3.8) is 0 Å². The summed E-state index contributed by atoms with van der Waals surface area (Å²) >= 11 is 0. The summed E-state index contributed by atoms with van der Waals surface area (Å²) in [7, 11) is 3.51. The van der Waals surface area contributed by atoms with Crippen molar-refractivity contribution in [3.8, 4) is 5.69 Å². The second kappa shape index (κ2) is 9.55. The Morgan fingerprint density at radius 3 is 2.58 bits per heavy atom. The Bertz CT molecular complexity index is 1620. The summed E-state index contributed by atoms with van der Waals surface area (Å²) in [6.07, 6.45) is 0.280. The highest BCUT2D eigenvalue weighted by Gasteiger charge is 2.50. The van der Waals surface area contributed by atoms with Crippen LogP contribution in [0.1, 0.15) is 54.7 Å². The number of methoxy groups -OCH3 is 1. The lowest BCUT2D eigenvalue weighted by Gasteiger charge is -2.46. The van der Waals surface area contributed by atoms with E-state index in [2.05, 4.69) is 10.2 Å². The van der Waals surface area contributed by atoms with E-state index in [0.29, 0.717) is 37.1 Å². The minimum Gasteiger partial charge on any atom is -0.381 e. The molecule has 4 heterocycles. The summed E-state index contributed by atoms with van der Waals surface area (Å²) in [5.74, 6) is 0.753. The first kappa shape index (κ1) is 26.7. The molecule has 2 atom stereocenters. The molecule has 4 aromatic rings. The van der Waals surface area contributed by atoms with Gasteiger partial charge in [-0.15, -0.1) is 10.2 Å². The molecule has 1 saturated carbocycles. The molecule has 2 fully saturated rings. The summed E-state index contributed by atoms with van der Waals surface area (Å²) in [6.45, 7) is 2.34. The summed E-state index contributed by atoms with van der Waals surface area (Å²) in [5.41, 5.74) is -0.648. The number of aromatic nitrogens is 5. The fraction of sp³-hybridized carbons (Fsp3) is 0.464. The van der Waals surface area contributed by atoms with Crippen LogP contribution in [-0.4, -0.2) is 61.1 Å². The van der Waals surface area contributed by atoms with E-state index in [9.17, 15) is 22.4 Å². The predicted octanol–water partition coefficient (Wildman–Crippen LogP) is 4.44. The fourth-order valence-corrected chi connectivity index (χ4v) is 6.26. The zero-order chi connectivity index (χ0) is 28.4. The zero-order valence-corrected chi connectivity index (χ0v) is 22.4. The zero-order valence-electron chi connectivity index (χ0n) is 22.4. The van der Waals surface area contributed by atoms with Crippen molar-refractivity contribution in [3.05, 3.63) is 82.1 Å². The molecule has 1 aromatic carbocycles. The van der Waals surface area contributed by atoms with Crippen LogP contribution in [0.5, 0.6) is 0 Å².